The molecule has 4 rings (SSSR count). The zero-order chi connectivity index (χ0) is 21.8. The number of ether oxygens (including phenoxy) is 2. The van der Waals surface area contributed by atoms with Crippen molar-refractivity contribution in [3.05, 3.63) is 54.5 Å². The molecule has 0 fully saturated rings. The van der Waals surface area contributed by atoms with Gasteiger partial charge in [0.25, 0.3) is 0 Å². The van der Waals surface area contributed by atoms with E-state index in [9.17, 15) is 0 Å². The lowest BCUT2D eigenvalue weighted by molar-refractivity contribution is 0.398. The predicted molar refractivity (Wildman–Crippen MR) is 120 cm³/mol. The highest BCUT2D eigenvalue weighted by Crippen LogP contribution is 2.25. The van der Waals surface area contributed by atoms with Gasteiger partial charge in [0.2, 0.25) is 11.8 Å². The van der Waals surface area contributed by atoms with E-state index in [1.165, 1.54) is 0 Å². The van der Waals surface area contributed by atoms with Gasteiger partial charge in [0.15, 0.2) is 17.0 Å². The molecule has 0 saturated carbocycles. The van der Waals surface area contributed by atoms with Crippen LogP contribution in [0.3, 0.4) is 0 Å². The highest BCUT2D eigenvalue weighted by molar-refractivity contribution is 5.84. The standard InChI is InChI=1S/C22H25N7O2/c1-14(2)29-13-25-19-20(24-11-15-5-8-17(30-3)9-6-15)27-22(28-21(19)29)26-16-7-10-18(31-4)23-12-16/h5-10,12-14H,11H2,1-4H3,(H2,24,26,27,28). The van der Waals surface area contributed by atoms with Gasteiger partial charge in [-0.15, -0.1) is 0 Å². The third-order valence-corrected chi connectivity index (χ3v) is 4.80. The monoisotopic (exact) mass is 419 g/mol. The smallest absolute Gasteiger partial charge is 0.231 e. The molecule has 0 saturated heterocycles. The molecule has 0 atom stereocenters. The number of imidazole rings is 1. The van der Waals surface area contributed by atoms with Gasteiger partial charge in [-0.05, 0) is 37.6 Å². The number of hydrogen-bond acceptors (Lipinski definition) is 8. The molecule has 3 heterocycles. The number of nitrogens with zero attached hydrogens (tertiary/aromatic N) is 5. The van der Waals surface area contributed by atoms with E-state index in [1.54, 1.807) is 32.8 Å². The van der Waals surface area contributed by atoms with Crippen LogP contribution in [0.25, 0.3) is 11.2 Å². The number of pyridine rings is 1. The van der Waals surface area contributed by atoms with Gasteiger partial charge < -0.3 is 24.7 Å². The molecule has 9 heteroatoms. The summed E-state index contributed by atoms with van der Waals surface area (Å²) in [5, 5.41) is 6.61. The lowest BCUT2D eigenvalue weighted by Gasteiger charge is -2.12. The fraction of sp³-hybridized carbons (Fsp3) is 0.273. The summed E-state index contributed by atoms with van der Waals surface area (Å²) in [6.07, 6.45) is 3.47. The van der Waals surface area contributed by atoms with Gasteiger partial charge in [-0.3, -0.25) is 0 Å². The maximum Gasteiger partial charge on any atom is 0.231 e. The van der Waals surface area contributed by atoms with Crippen molar-refractivity contribution in [1.29, 1.82) is 0 Å². The highest BCUT2D eigenvalue weighted by atomic mass is 16.5. The zero-order valence-corrected chi connectivity index (χ0v) is 18.0. The zero-order valence-electron chi connectivity index (χ0n) is 18.0. The fourth-order valence-corrected chi connectivity index (χ4v) is 3.11. The molecule has 0 aliphatic rings. The van der Waals surface area contributed by atoms with Gasteiger partial charge in [-0.1, -0.05) is 12.1 Å². The number of hydrogen-bond donors (Lipinski definition) is 2. The van der Waals surface area contributed by atoms with E-state index in [1.807, 2.05) is 34.9 Å². The van der Waals surface area contributed by atoms with Crippen LogP contribution in [-0.4, -0.2) is 38.7 Å². The number of benzene rings is 1. The Balaban J connectivity index is 1.64. The lowest BCUT2D eigenvalue weighted by Crippen LogP contribution is -2.07. The van der Waals surface area contributed by atoms with E-state index in [-0.39, 0.29) is 6.04 Å². The van der Waals surface area contributed by atoms with Crippen molar-refractivity contribution in [3.8, 4) is 11.6 Å². The summed E-state index contributed by atoms with van der Waals surface area (Å²) in [6.45, 7) is 4.77. The maximum atomic E-state index is 5.23. The molecule has 4 aromatic rings. The summed E-state index contributed by atoms with van der Waals surface area (Å²) in [5.41, 5.74) is 3.34. The minimum atomic E-state index is 0.213. The second-order valence-electron chi connectivity index (χ2n) is 7.23. The summed E-state index contributed by atoms with van der Waals surface area (Å²) in [7, 11) is 3.24. The first kappa shape index (κ1) is 20.4. The SMILES string of the molecule is COc1ccc(CNc2nc(Nc3ccc(OC)nc3)nc3c2ncn3C(C)C)cc1. The normalized spacial score (nSPS) is 11.0. The Morgan fingerprint density at radius 3 is 2.42 bits per heavy atom. The Morgan fingerprint density at radius 2 is 1.77 bits per heavy atom. The quantitative estimate of drug-likeness (QED) is 0.439. The minimum absolute atomic E-state index is 0.213. The van der Waals surface area contributed by atoms with Gasteiger partial charge in [-0.25, -0.2) is 9.97 Å². The Morgan fingerprint density at radius 1 is 0.968 bits per heavy atom. The first-order valence-electron chi connectivity index (χ1n) is 9.96. The second kappa shape index (κ2) is 8.86. The molecule has 2 N–H and O–H groups in total. The second-order valence-corrected chi connectivity index (χ2v) is 7.23. The van der Waals surface area contributed by atoms with Gasteiger partial charge in [-0.2, -0.15) is 9.97 Å². The van der Waals surface area contributed by atoms with Crippen LogP contribution in [0.5, 0.6) is 11.6 Å². The Bertz CT molecular complexity index is 1160. The van der Waals surface area contributed by atoms with Crippen molar-refractivity contribution >= 4 is 28.6 Å². The number of nitrogens with one attached hydrogen (secondary N) is 2. The number of aromatic nitrogens is 5. The maximum absolute atomic E-state index is 5.23. The number of fused-ring (bicyclic) bond motifs is 1. The first-order chi connectivity index (χ1) is 15.1. The van der Waals surface area contributed by atoms with Gasteiger partial charge in [0.05, 0.1) is 32.4 Å². The fourth-order valence-electron chi connectivity index (χ4n) is 3.11. The molecule has 0 aliphatic heterocycles. The van der Waals surface area contributed by atoms with Gasteiger partial charge >= 0.3 is 0 Å². The molecule has 0 unspecified atom stereocenters. The van der Waals surface area contributed by atoms with E-state index >= 15 is 0 Å². The predicted octanol–water partition coefficient (Wildman–Crippen LogP) is 4.18. The summed E-state index contributed by atoms with van der Waals surface area (Å²) in [5.74, 6) is 2.48. The van der Waals surface area contributed by atoms with Crippen LogP contribution in [0, 0.1) is 0 Å². The lowest BCUT2D eigenvalue weighted by atomic mass is 10.2. The van der Waals surface area contributed by atoms with Crippen molar-refractivity contribution in [1.82, 2.24) is 24.5 Å². The van der Waals surface area contributed by atoms with Gasteiger partial charge in [0, 0.05) is 18.7 Å². The Hall–Kier alpha value is -3.88. The summed E-state index contributed by atoms with van der Waals surface area (Å²) in [4.78, 5) is 18.1. The average molecular weight is 419 g/mol. The largest absolute Gasteiger partial charge is 0.497 e. The van der Waals surface area contributed by atoms with Crippen molar-refractivity contribution in [3.63, 3.8) is 0 Å². The molecule has 160 valence electrons. The molecule has 31 heavy (non-hydrogen) atoms. The van der Waals surface area contributed by atoms with E-state index in [0.717, 1.165) is 28.2 Å². The van der Waals surface area contributed by atoms with Crippen LogP contribution in [0.2, 0.25) is 0 Å². The molecule has 9 nitrogen and oxygen atoms in total. The first-order valence-corrected chi connectivity index (χ1v) is 9.96. The molecule has 0 aliphatic carbocycles. The minimum Gasteiger partial charge on any atom is -0.497 e. The van der Waals surface area contributed by atoms with Crippen LogP contribution in [-0.2, 0) is 6.54 Å². The van der Waals surface area contributed by atoms with Crippen LogP contribution < -0.4 is 20.1 Å². The van der Waals surface area contributed by atoms with Crippen LogP contribution in [0.15, 0.2) is 48.9 Å². The van der Waals surface area contributed by atoms with Crippen LogP contribution >= 0.6 is 0 Å². The number of rotatable bonds is 8. The average Bonchev–Trinajstić information content (AvgIpc) is 3.23. The van der Waals surface area contributed by atoms with Crippen molar-refractivity contribution in [2.45, 2.75) is 26.4 Å². The molecule has 3 aromatic heterocycles. The topological polar surface area (TPSA) is 99.0 Å². The van der Waals surface area contributed by atoms with Crippen molar-refractivity contribution < 1.29 is 9.47 Å². The van der Waals surface area contributed by atoms with Crippen LogP contribution in [0.1, 0.15) is 25.5 Å². The molecule has 0 radical (unpaired) electrons. The van der Waals surface area contributed by atoms with Gasteiger partial charge in [0.1, 0.15) is 5.75 Å². The highest BCUT2D eigenvalue weighted by Gasteiger charge is 2.15. The van der Waals surface area contributed by atoms with E-state index < -0.39 is 0 Å². The number of methoxy groups -OCH3 is 2. The van der Waals surface area contributed by atoms with Crippen molar-refractivity contribution in [2.24, 2.45) is 0 Å². The summed E-state index contributed by atoms with van der Waals surface area (Å²) >= 11 is 0. The summed E-state index contributed by atoms with van der Waals surface area (Å²) < 4.78 is 12.4. The Labute approximate surface area is 180 Å². The van der Waals surface area contributed by atoms with E-state index in [0.29, 0.717) is 24.2 Å². The van der Waals surface area contributed by atoms with Crippen molar-refractivity contribution in [2.75, 3.05) is 24.9 Å². The van der Waals surface area contributed by atoms with E-state index in [4.69, 9.17) is 14.5 Å². The molecular weight excluding hydrogens is 394 g/mol. The van der Waals surface area contributed by atoms with E-state index in [2.05, 4.69) is 39.4 Å². The summed E-state index contributed by atoms with van der Waals surface area (Å²) in [6, 6.07) is 11.8. The Kier molecular flexibility index (Phi) is 5.83. The molecule has 0 bridgehead atoms. The molecule has 0 amide bonds. The molecular formula is C22H25N7O2. The van der Waals surface area contributed by atoms with Crippen LogP contribution in [0.4, 0.5) is 17.5 Å². The third-order valence-electron chi connectivity index (χ3n) is 4.80. The molecule has 1 aromatic carbocycles. The third kappa shape index (κ3) is 4.50. The number of anilines is 3. The molecule has 0 spiro atoms.